The second-order valence-electron chi connectivity index (χ2n) is 8.82. The molecule has 6 rings (SSSR count). The van der Waals surface area contributed by atoms with Gasteiger partial charge in [0, 0.05) is 28.4 Å². The Hall–Kier alpha value is -4.98. The van der Waals surface area contributed by atoms with Crippen LogP contribution in [-0.2, 0) is 0 Å². The van der Waals surface area contributed by atoms with Gasteiger partial charge in [-0.2, -0.15) is 9.78 Å². The van der Waals surface area contributed by atoms with Gasteiger partial charge in [-0.25, -0.2) is 9.97 Å². The number of H-pyrrole nitrogens is 1. The van der Waals surface area contributed by atoms with Crippen molar-refractivity contribution in [3.8, 4) is 0 Å². The normalized spacial score (nSPS) is 11.7. The van der Waals surface area contributed by atoms with Crippen molar-refractivity contribution >= 4 is 56.7 Å². The van der Waals surface area contributed by atoms with Gasteiger partial charge in [0.1, 0.15) is 16.9 Å². The number of carbonyl (C=O) groups is 1. The number of hydrogen-bond acceptors (Lipinski definition) is 5. The number of aromatic amines is 1. The minimum atomic E-state index is -0.367. The zero-order valence-electron chi connectivity index (χ0n) is 19.8. The molecule has 3 aromatic carbocycles. The van der Waals surface area contributed by atoms with E-state index in [9.17, 15) is 4.79 Å². The maximum atomic E-state index is 13.5. The predicted octanol–water partition coefficient (Wildman–Crippen LogP) is 5.40. The van der Waals surface area contributed by atoms with Gasteiger partial charge in [0.2, 0.25) is 0 Å². The molecule has 176 valence electrons. The molecule has 8 heteroatoms. The Bertz CT molecular complexity index is 1810. The smallest absolute Gasteiger partial charge is 0.261 e. The highest BCUT2D eigenvalue weighted by Crippen LogP contribution is 2.29. The Kier molecular flexibility index (Phi) is 5.00. The molecule has 0 spiro atoms. The van der Waals surface area contributed by atoms with Gasteiger partial charge in [0.25, 0.3) is 5.91 Å². The zero-order valence-corrected chi connectivity index (χ0v) is 19.8. The van der Waals surface area contributed by atoms with Crippen LogP contribution < -0.4 is 11.1 Å². The standard InChI is InChI=1S/C28H23N7O/c1-16-11-17(2)13-19(12-16)32-28(36)24-25-27(34-23-10-6-5-9-22(23)33-25)35(26(24)29)31-15-18-14-30-21-8-4-3-7-20(18)21/h3-15,30H,29H2,1-2H3,(H,32,36). The van der Waals surface area contributed by atoms with E-state index in [0.717, 1.165) is 27.6 Å². The molecule has 0 aliphatic rings. The molecule has 3 aromatic heterocycles. The number of carbonyl (C=O) groups excluding carboxylic acids is 1. The van der Waals surface area contributed by atoms with E-state index in [4.69, 9.17) is 15.7 Å². The van der Waals surface area contributed by atoms with Gasteiger partial charge in [-0.05, 0) is 55.3 Å². The van der Waals surface area contributed by atoms with Crippen molar-refractivity contribution in [1.29, 1.82) is 0 Å². The van der Waals surface area contributed by atoms with Crippen molar-refractivity contribution in [3.63, 3.8) is 0 Å². The minimum Gasteiger partial charge on any atom is -0.383 e. The van der Waals surface area contributed by atoms with Crippen LogP contribution in [-0.4, -0.2) is 31.7 Å². The van der Waals surface area contributed by atoms with Crippen LogP contribution in [0.4, 0.5) is 11.5 Å². The van der Waals surface area contributed by atoms with Gasteiger partial charge in [-0.1, -0.05) is 36.4 Å². The fourth-order valence-corrected chi connectivity index (χ4v) is 4.55. The van der Waals surface area contributed by atoms with Gasteiger partial charge in [0.05, 0.1) is 17.2 Å². The molecule has 0 bridgehead atoms. The molecular weight excluding hydrogens is 450 g/mol. The van der Waals surface area contributed by atoms with Gasteiger partial charge < -0.3 is 16.0 Å². The van der Waals surface area contributed by atoms with Crippen LogP contribution in [0.5, 0.6) is 0 Å². The lowest BCUT2D eigenvalue weighted by molar-refractivity contribution is 0.102. The summed E-state index contributed by atoms with van der Waals surface area (Å²) >= 11 is 0. The summed E-state index contributed by atoms with van der Waals surface area (Å²) in [4.78, 5) is 26.2. The fourth-order valence-electron chi connectivity index (χ4n) is 4.55. The van der Waals surface area contributed by atoms with Crippen molar-refractivity contribution in [3.05, 3.63) is 95.2 Å². The fraction of sp³-hybridized carbons (Fsp3) is 0.0714. The Labute approximate surface area is 206 Å². The molecule has 1 amide bonds. The summed E-state index contributed by atoms with van der Waals surface area (Å²) in [6, 6.07) is 21.3. The number of nitrogens with one attached hydrogen (secondary N) is 2. The van der Waals surface area contributed by atoms with E-state index < -0.39 is 0 Å². The van der Waals surface area contributed by atoms with Crippen molar-refractivity contribution < 1.29 is 4.79 Å². The summed E-state index contributed by atoms with van der Waals surface area (Å²) in [5.74, 6) is -0.202. The Balaban J connectivity index is 1.51. The highest BCUT2D eigenvalue weighted by Gasteiger charge is 2.24. The number of aromatic nitrogens is 4. The summed E-state index contributed by atoms with van der Waals surface area (Å²) in [5, 5.41) is 8.64. The molecule has 0 radical (unpaired) electrons. The summed E-state index contributed by atoms with van der Waals surface area (Å²) < 4.78 is 1.48. The number of para-hydroxylation sites is 3. The maximum Gasteiger partial charge on any atom is 0.261 e. The third-order valence-electron chi connectivity index (χ3n) is 6.11. The van der Waals surface area contributed by atoms with E-state index in [0.29, 0.717) is 27.9 Å². The molecule has 0 fully saturated rings. The van der Waals surface area contributed by atoms with Gasteiger partial charge in [0.15, 0.2) is 5.65 Å². The molecule has 0 saturated heterocycles. The molecule has 0 saturated carbocycles. The summed E-state index contributed by atoms with van der Waals surface area (Å²) in [5.41, 5.74) is 13.6. The van der Waals surface area contributed by atoms with Gasteiger partial charge in [-0.15, -0.1) is 0 Å². The molecule has 0 unspecified atom stereocenters. The van der Waals surface area contributed by atoms with E-state index in [1.165, 1.54) is 4.68 Å². The highest BCUT2D eigenvalue weighted by molar-refractivity contribution is 6.16. The lowest BCUT2D eigenvalue weighted by Crippen LogP contribution is -2.14. The molecule has 3 heterocycles. The second-order valence-corrected chi connectivity index (χ2v) is 8.82. The lowest BCUT2D eigenvalue weighted by Gasteiger charge is -2.07. The Morgan fingerprint density at radius 2 is 1.69 bits per heavy atom. The van der Waals surface area contributed by atoms with Crippen LogP contribution in [0, 0.1) is 13.8 Å². The number of benzene rings is 3. The summed E-state index contributed by atoms with van der Waals surface area (Å²) in [7, 11) is 0. The number of nitrogen functional groups attached to an aromatic ring is 1. The van der Waals surface area contributed by atoms with E-state index in [1.807, 2.05) is 86.8 Å². The number of aryl methyl sites for hydroxylation is 2. The first-order chi connectivity index (χ1) is 17.5. The van der Waals surface area contributed by atoms with Crippen molar-refractivity contribution in [2.45, 2.75) is 13.8 Å². The molecule has 36 heavy (non-hydrogen) atoms. The first kappa shape index (κ1) is 21.5. The topological polar surface area (TPSA) is 114 Å². The third-order valence-corrected chi connectivity index (χ3v) is 6.11. The van der Waals surface area contributed by atoms with E-state index in [1.54, 1.807) is 6.21 Å². The third kappa shape index (κ3) is 3.65. The molecule has 6 aromatic rings. The largest absolute Gasteiger partial charge is 0.383 e. The van der Waals surface area contributed by atoms with Crippen molar-refractivity contribution in [1.82, 2.24) is 19.6 Å². The first-order valence-corrected chi connectivity index (χ1v) is 11.5. The maximum absolute atomic E-state index is 13.5. The van der Waals surface area contributed by atoms with Gasteiger partial charge >= 0.3 is 0 Å². The number of amides is 1. The summed E-state index contributed by atoms with van der Waals surface area (Å²) in [6.07, 6.45) is 3.59. The molecule has 0 atom stereocenters. The molecule has 0 aliphatic carbocycles. The first-order valence-electron chi connectivity index (χ1n) is 11.5. The van der Waals surface area contributed by atoms with E-state index >= 15 is 0 Å². The lowest BCUT2D eigenvalue weighted by atomic mass is 10.1. The highest BCUT2D eigenvalue weighted by atomic mass is 16.1. The van der Waals surface area contributed by atoms with Gasteiger partial charge in [-0.3, -0.25) is 4.79 Å². The van der Waals surface area contributed by atoms with Crippen LogP contribution in [0.3, 0.4) is 0 Å². The van der Waals surface area contributed by atoms with Crippen LogP contribution in [0.1, 0.15) is 27.0 Å². The number of nitrogens with two attached hydrogens (primary N) is 1. The monoisotopic (exact) mass is 473 g/mol. The van der Waals surface area contributed by atoms with Crippen LogP contribution in [0.15, 0.2) is 78.0 Å². The van der Waals surface area contributed by atoms with Crippen LogP contribution in [0.2, 0.25) is 0 Å². The average Bonchev–Trinajstić information content (AvgIpc) is 3.38. The number of anilines is 2. The Morgan fingerprint density at radius 3 is 2.47 bits per heavy atom. The number of hydrogen-bond donors (Lipinski definition) is 3. The van der Waals surface area contributed by atoms with Crippen LogP contribution >= 0.6 is 0 Å². The minimum absolute atomic E-state index is 0.165. The molecular formula is C28H23N7O. The SMILES string of the molecule is Cc1cc(C)cc(NC(=O)c2c(N)n(N=Cc3c[nH]c4ccccc34)c3nc4ccccc4nc23)c1. The molecule has 4 N–H and O–H groups in total. The van der Waals surface area contributed by atoms with Crippen molar-refractivity contribution in [2.24, 2.45) is 5.10 Å². The summed E-state index contributed by atoms with van der Waals surface area (Å²) in [6.45, 7) is 3.97. The second kappa shape index (κ2) is 8.35. The molecule has 8 nitrogen and oxygen atoms in total. The zero-order chi connectivity index (χ0) is 24.8. The van der Waals surface area contributed by atoms with E-state index in [2.05, 4.69) is 15.4 Å². The number of nitrogens with zero attached hydrogens (tertiary/aromatic N) is 4. The average molecular weight is 474 g/mol. The number of fused-ring (bicyclic) bond motifs is 3. The number of rotatable bonds is 4. The molecule has 0 aliphatic heterocycles. The van der Waals surface area contributed by atoms with Crippen LogP contribution in [0.25, 0.3) is 33.1 Å². The predicted molar refractivity (Wildman–Crippen MR) is 145 cm³/mol. The van der Waals surface area contributed by atoms with E-state index in [-0.39, 0.29) is 17.3 Å². The quantitative estimate of drug-likeness (QED) is 0.297. The Morgan fingerprint density at radius 1 is 1.00 bits per heavy atom. The van der Waals surface area contributed by atoms with Crippen molar-refractivity contribution in [2.75, 3.05) is 11.1 Å².